The van der Waals surface area contributed by atoms with Crippen LogP contribution in [0.25, 0.3) is 0 Å². The molecule has 1 aromatic carbocycles. The van der Waals surface area contributed by atoms with Gasteiger partial charge in [-0.05, 0) is 63.5 Å². The van der Waals surface area contributed by atoms with Gasteiger partial charge in [-0.25, -0.2) is 0 Å². The lowest BCUT2D eigenvalue weighted by Crippen LogP contribution is -2.32. The maximum Gasteiger partial charge on any atom is 0.0410 e. The van der Waals surface area contributed by atoms with Crippen molar-refractivity contribution in [3.63, 3.8) is 0 Å². The fourth-order valence-electron chi connectivity index (χ4n) is 2.76. The zero-order chi connectivity index (χ0) is 12.3. The van der Waals surface area contributed by atoms with Crippen LogP contribution in [-0.4, -0.2) is 26.2 Å². The number of nitrogens with one attached hydrogen (secondary N) is 1. The first-order valence-electron chi connectivity index (χ1n) is 6.46. The Morgan fingerprint density at radius 1 is 1.47 bits per heavy atom. The lowest BCUT2D eigenvalue weighted by molar-refractivity contribution is 0.549. The fourth-order valence-corrected chi connectivity index (χ4v) is 2.95. The lowest BCUT2D eigenvalue weighted by Gasteiger charge is -2.26. The van der Waals surface area contributed by atoms with Gasteiger partial charge < -0.3 is 10.2 Å². The second-order valence-electron chi connectivity index (χ2n) is 4.66. The van der Waals surface area contributed by atoms with Crippen molar-refractivity contribution in [2.75, 3.05) is 25.0 Å². The number of nitrogens with zero attached hydrogens (tertiary/aromatic N) is 1. The van der Waals surface area contributed by atoms with E-state index in [-0.39, 0.29) is 0 Å². The van der Waals surface area contributed by atoms with Gasteiger partial charge in [-0.15, -0.1) is 0 Å². The molecule has 1 unspecified atom stereocenters. The Balaban J connectivity index is 2.08. The number of likely N-dealkylation sites (N-methyl/N-ethyl adjacent to an activating group) is 1. The van der Waals surface area contributed by atoms with Crippen LogP contribution in [0.15, 0.2) is 18.2 Å². The third kappa shape index (κ3) is 2.75. The number of hydrogen-bond donors (Lipinski definition) is 1. The summed E-state index contributed by atoms with van der Waals surface area (Å²) in [6.45, 7) is 4.42. The smallest absolute Gasteiger partial charge is 0.0410 e. The van der Waals surface area contributed by atoms with Gasteiger partial charge in [0.2, 0.25) is 0 Å². The lowest BCUT2D eigenvalue weighted by atomic mass is 10.1. The molecule has 1 aromatic rings. The van der Waals surface area contributed by atoms with Gasteiger partial charge >= 0.3 is 0 Å². The molecule has 1 N–H and O–H groups in total. The Labute approximate surface area is 109 Å². The van der Waals surface area contributed by atoms with E-state index in [4.69, 9.17) is 11.6 Å². The first kappa shape index (κ1) is 12.7. The van der Waals surface area contributed by atoms with E-state index in [1.54, 1.807) is 0 Å². The monoisotopic (exact) mass is 252 g/mol. The van der Waals surface area contributed by atoms with Crippen LogP contribution in [0.5, 0.6) is 0 Å². The van der Waals surface area contributed by atoms with Gasteiger partial charge in [0.25, 0.3) is 0 Å². The highest BCUT2D eigenvalue weighted by atomic mass is 35.5. The Morgan fingerprint density at radius 2 is 2.29 bits per heavy atom. The summed E-state index contributed by atoms with van der Waals surface area (Å²) in [7, 11) is 2.01. The van der Waals surface area contributed by atoms with Crippen LogP contribution in [0.1, 0.15) is 25.3 Å². The summed E-state index contributed by atoms with van der Waals surface area (Å²) in [5.41, 5.74) is 2.79. The number of hydrogen-bond acceptors (Lipinski definition) is 2. The molecule has 1 heterocycles. The molecule has 0 bridgehead atoms. The van der Waals surface area contributed by atoms with E-state index < -0.39 is 0 Å². The van der Waals surface area contributed by atoms with Crippen molar-refractivity contribution >= 4 is 17.3 Å². The highest BCUT2D eigenvalue weighted by Gasteiger charge is 2.27. The quantitative estimate of drug-likeness (QED) is 0.811. The average Bonchev–Trinajstić information content (AvgIpc) is 2.66. The molecule has 0 saturated carbocycles. The molecule has 0 amide bonds. The number of fused-ring (bicyclic) bond motifs is 1. The van der Waals surface area contributed by atoms with E-state index in [1.165, 1.54) is 24.1 Å². The zero-order valence-corrected chi connectivity index (χ0v) is 11.4. The molecule has 1 aliphatic heterocycles. The topological polar surface area (TPSA) is 15.3 Å². The molecule has 17 heavy (non-hydrogen) atoms. The van der Waals surface area contributed by atoms with Crippen molar-refractivity contribution in [1.29, 1.82) is 0 Å². The molecular weight excluding hydrogens is 232 g/mol. The van der Waals surface area contributed by atoms with Gasteiger partial charge in [0, 0.05) is 23.3 Å². The molecule has 2 rings (SSSR count). The van der Waals surface area contributed by atoms with Gasteiger partial charge in [-0.1, -0.05) is 11.6 Å². The summed E-state index contributed by atoms with van der Waals surface area (Å²) < 4.78 is 0. The Morgan fingerprint density at radius 3 is 3.00 bits per heavy atom. The van der Waals surface area contributed by atoms with Crippen molar-refractivity contribution in [3.8, 4) is 0 Å². The van der Waals surface area contributed by atoms with E-state index in [0.29, 0.717) is 6.04 Å². The number of benzene rings is 1. The number of rotatable bonds is 5. The molecule has 1 aliphatic rings. The molecular formula is C14H21ClN2. The van der Waals surface area contributed by atoms with Gasteiger partial charge in [0.1, 0.15) is 0 Å². The summed E-state index contributed by atoms with van der Waals surface area (Å²) >= 11 is 6.06. The maximum atomic E-state index is 6.06. The number of anilines is 1. The molecule has 0 saturated heterocycles. The van der Waals surface area contributed by atoms with Gasteiger partial charge in [-0.3, -0.25) is 0 Å². The fraction of sp³-hybridized carbons (Fsp3) is 0.571. The summed E-state index contributed by atoms with van der Waals surface area (Å²) in [6, 6.07) is 6.94. The summed E-state index contributed by atoms with van der Waals surface area (Å²) in [5.74, 6) is 0. The second kappa shape index (κ2) is 5.74. The highest BCUT2D eigenvalue weighted by molar-refractivity contribution is 6.30. The molecule has 1 atom stereocenters. The van der Waals surface area contributed by atoms with E-state index >= 15 is 0 Å². The van der Waals surface area contributed by atoms with Crippen molar-refractivity contribution in [1.82, 2.24) is 5.32 Å². The van der Waals surface area contributed by atoms with Crippen LogP contribution < -0.4 is 10.2 Å². The van der Waals surface area contributed by atoms with Crippen LogP contribution in [0, 0.1) is 0 Å². The third-order valence-corrected chi connectivity index (χ3v) is 3.79. The predicted molar refractivity (Wildman–Crippen MR) is 75.1 cm³/mol. The van der Waals surface area contributed by atoms with E-state index in [2.05, 4.69) is 29.3 Å². The zero-order valence-electron chi connectivity index (χ0n) is 10.7. The summed E-state index contributed by atoms with van der Waals surface area (Å²) in [4.78, 5) is 2.52. The predicted octanol–water partition coefficient (Wildman–Crippen LogP) is 3.09. The minimum Gasteiger partial charge on any atom is -0.368 e. The molecule has 94 valence electrons. The second-order valence-corrected chi connectivity index (χ2v) is 5.10. The largest absolute Gasteiger partial charge is 0.368 e. The molecule has 0 aromatic heterocycles. The minimum absolute atomic E-state index is 0.654. The van der Waals surface area contributed by atoms with Gasteiger partial charge in [0.15, 0.2) is 0 Å². The molecule has 0 aliphatic carbocycles. The maximum absolute atomic E-state index is 6.06. The molecule has 2 nitrogen and oxygen atoms in total. The van der Waals surface area contributed by atoms with Crippen molar-refractivity contribution in [3.05, 3.63) is 28.8 Å². The standard InChI is InChI=1S/C14H21ClN2/c1-3-17-13(5-4-8-16-2)10-11-9-12(15)6-7-14(11)17/h6-7,9,13,16H,3-5,8,10H2,1-2H3. The van der Waals surface area contributed by atoms with Gasteiger partial charge in [0.05, 0.1) is 0 Å². The van der Waals surface area contributed by atoms with E-state index in [0.717, 1.165) is 24.5 Å². The average molecular weight is 253 g/mol. The van der Waals surface area contributed by atoms with E-state index in [1.807, 2.05) is 13.1 Å². The number of halogens is 1. The van der Waals surface area contributed by atoms with Gasteiger partial charge in [-0.2, -0.15) is 0 Å². The Bertz CT molecular complexity index is 378. The molecule has 0 spiro atoms. The van der Waals surface area contributed by atoms with Crippen molar-refractivity contribution < 1.29 is 0 Å². The normalized spacial score (nSPS) is 18.5. The third-order valence-electron chi connectivity index (χ3n) is 3.55. The Kier molecular flexibility index (Phi) is 4.30. The first-order chi connectivity index (χ1) is 8.26. The highest BCUT2D eigenvalue weighted by Crippen LogP contribution is 2.35. The molecule has 0 radical (unpaired) electrons. The molecule has 3 heteroatoms. The van der Waals surface area contributed by atoms with Crippen LogP contribution >= 0.6 is 11.6 Å². The van der Waals surface area contributed by atoms with Crippen LogP contribution in [0.3, 0.4) is 0 Å². The van der Waals surface area contributed by atoms with Crippen molar-refractivity contribution in [2.45, 2.75) is 32.2 Å². The van der Waals surface area contributed by atoms with Crippen LogP contribution in [0.4, 0.5) is 5.69 Å². The van der Waals surface area contributed by atoms with Crippen LogP contribution in [-0.2, 0) is 6.42 Å². The van der Waals surface area contributed by atoms with E-state index in [9.17, 15) is 0 Å². The van der Waals surface area contributed by atoms with Crippen molar-refractivity contribution in [2.24, 2.45) is 0 Å². The first-order valence-corrected chi connectivity index (χ1v) is 6.83. The summed E-state index contributed by atoms with van der Waals surface area (Å²) in [5, 5.41) is 4.07. The molecule has 0 fully saturated rings. The van der Waals surface area contributed by atoms with Crippen LogP contribution in [0.2, 0.25) is 5.02 Å². The minimum atomic E-state index is 0.654. The Hall–Kier alpha value is -0.730. The SMILES string of the molecule is CCN1c2ccc(Cl)cc2CC1CCCNC. The summed E-state index contributed by atoms with van der Waals surface area (Å²) in [6.07, 6.45) is 3.63.